The maximum atomic E-state index is 11.0. The maximum Gasteiger partial charge on any atom is 0.231 e. The molecule has 1 aromatic heterocycles. The standard InChI is InChI=1S/C17H27N3O3/c1-12-7-15(12)16-4-3-13(23-16)9-20-5-6-22-14(10-20)8-19(2)11-17(18)21/h3-4,12,14-15H,5-11H2,1-2H3,(H2,18,21)/t12-,14+,15+/m1/s1. The molecule has 1 aliphatic heterocycles. The molecule has 1 aromatic rings. The molecular formula is C17H27N3O3. The van der Waals surface area contributed by atoms with Crippen LogP contribution in [0.3, 0.4) is 0 Å². The highest BCUT2D eigenvalue weighted by molar-refractivity contribution is 5.75. The smallest absolute Gasteiger partial charge is 0.231 e. The van der Waals surface area contributed by atoms with Crippen molar-refractivity contribution in [3.8, 4) is 0 Å². The Labute approximate surface area is 137 Å². The van der Waals surface area contributed by atoms with Crippen molar-refractivity contribution in [1.29, 1.82) is 0 Å². The number of hydrogen-bond acceptors (Lipinski definition) is 5. The van der Waals surface area contributed by atoms with E-state index < -0.39 is 0 Å². The van der Waals surface area contributed by atoms with Crippen molar-refractivity contribution in [1.82, 2.24) is 9.80 Å². The van der Waals surface area contributed by atoms with Gasteiger partial charge in [0.2, 0.25) is 5.91 Å². The van der Waals surface area contributed by atoms with Gasteiger partial charge in [0, 0.05) is 25.6 Å². The van der Waals surface area contributed by atoms with Gasteiger partial charge in [0.15, 0.2) is 0 Å². The van der Waals surface area contributed by atoms with E-state index in [-0.39, 0.29) is 18.6 Å². The van der Waals surface area contributed by atoms with E-state index in [0.717, 1.165) is 37.1 Å². The molecule has 1 amide bonds. The fourth-order valence-electron chi connectivity index (χ4n) is 3.33. The molecule has 2 heterocycles. The van der Waals surface area contributed by atoms with Gasteiger partial charge in [0.1, 0.15) is 11.5 Å². The molecule has 3 atom stereocenters. The summed E-state index contributed by atoms with van der Waals surface area (Å²) in [4.78, 5) is 15.2. The molecule has 0 unspecified atom stereocenters. The Morgan fingerprint density at radius 1 is 1.48 bits per heavy atom. The summed E-state index contributed by atoms with van der Waals surface area (Å²) < 4.78 is 11.8. The topological polar surface area (TPSA) is 71.9 Å². The van der Waals surface area contributed by atoms with Crippen LogP contribution in [0.2, 0.25) is 0 Å². The summed E-state index contributed by atoms with van der Waals surface area (Å²) in [5, 5.41) is 0. The highest BCUT2D eigenvalue weighted by Gasteiger charge is 2.36. The molecule has 128 valence electrons. The normalized spacial score (nSPS) is 28.2. The number of amides is 1. The Kier molecular flexibility index (Phi) is 5.04. The van der Waals surface area contributed by atoms with Crippen molar-refractivity contribution in [3.05, 3.63) is 23.7 Å². The van der Waals surface area contributed by atoms with Gasteiger partial charge >= 0.3 is 0 Å². The Balaban J connectivity index is 1.48. The van der Waals surface area contributed by atoms with E-state index in [2.05, 4.69) is 24.0 Å². The summed E-state index contributed by atoms with van der Waals surface area (Å²) >= 11 is 0. The number of rotatable bonds is 7. The summed E-state index contributed by atoms with van der Waals surface area (Å²) in [6, 6.07) is 4.23. The second kappa shape index (κ2) is 7.03. The molecule has 6 nitrogen and oxygen atoms in total. The van der Waals surface area contributed by atoms with Crippen LogP contribution in [0.4, 0.5) is 0 Å². The second-order valence-corrected chi connectivity index (χ2v) is 7.01. The van der Waals surface area contributed by atoms with Crippen molar-refractivity contribution in [2.24, 2.45) is 11.7 Å². The van der Waals surface area contributed by atoms with Gasteiger partial charge in [-0.25, -0.2) is 0 Å². The minimum absolute atomic E-state index is 0.103. The average molecular weight is 321 g/mol. The second-order valence-electron chi connectivity index (χ2n) is 7.01. The van der Waals surface area contributed by atoms with Crippen LogP contribution in [0.15, 0.2) is 16.5 Å². The van der Waals surface area contributed by atoms with Crippen LogP contribution in [0.5, 0.6) is 0 Å². The highest BCUT2D eigenvalue weighted by Crippen LogP contribution is 2.47. The zero-order valence-electron chi connectivity index (χ0n) is 14.0. The molecule has 6 heteroatoms. The number of hydrogen-bond donors (Lipinski definition) is 1. The van der Waals surface area contributed by atoms with E-state index in [9.17, 15) is 4.79 Å². The Bertz CT molecular complexity index is 545. The van der Waals surface area contributed by atoms with Gasteiger partial charge < -0.3 is 14.9 Å². The van der Waals surface area contributed by atoms with E-state index in [4.69, 9.17) is 14.9 Å². The fourth-order valence-corrected chi connectivity index (χ4v) is 3.33. The first-order chi connectivity index (χ1) is 11.0. The van der Waals surface area contributed by atoms with Gasteiger partial charge in [-0.15, -0.1) is 0 Å². The van der Waals surface area contributed by atoms with Crippen molar-refractivity contribution in [2.75, 3.05) is 39.8 Å². The number of nitrogens with zero attached hydrogens (tertiary/aromatic N) is 2. The molecule has 1 saturated heterocycles. The van der Waals surface area contributed by atoms with Crippen molar-refractivity contribution >= 4 is 5.91 Å². The summed E-state index contributed by atoms with van der Waals surface area (Å²) in [6.07, 6.45) is 1.35. The molecule has 1 aliphatic carbocycles. The third-order valence-corrected chi connectivity index (χ3v) is 4.70. The summed E-state index contributed by atoms with van der Waals surface area (Å²) in [5.41, 5.74) is 5.23. The van der Waals surface area contributed by atoms with Gasteiger partial charge in [-0.2, -0.15) is 0 Å². The minimum Gasteiger partial charge on any atom is -0.464 e. The number of furan rings is 1. The van der Waals surface area contributed by atoms with Gasteiger partial charge in [-0.3, -0.25) is 14.6 Å². The summed E-state index contributed by atoms with van der Waals surface area (Å²) in [7, 11) is 1.89. The Morgan fingerprint density at radius 2 is 2.26 bits per heavy atom. The highest BCUT2D eigenvalue weighted by atomic mass is 16.5. The molecule has 23 heavy (non-hydrogen) atoms. The van der Waals surface area contributed by atoms with E-state index in [1.807, 2.05) is 11.9 Å². The molecule has 3 rings (SSSR count). The average Bonchev–Trinajstić information content (AvgIpc) is 3.02. The quantitative estimate of drug-likeness (QED) is 0.812. The Morgan fingerprint density at radius 3 is 2.96 bits per heavy atom. The van der Waals surface area contributed by atoms with Crippen molar-refractivity contribution < 1.29 is 13.9 Å². The van der Waals surface area contributed by atoms with E-state index in [0.29, 0.717) is 19.1 Å². The van der Waals surface area contributed by atoms with Gasteiger partial charge in [0.05, 0.1) is 25.8 Å². The van der Waals surface area contributed by atoms with Crippen LogP contribution < -0.4 is 5.73 Å². The predicted octanol–water partition coefficient (Wildman–Crippen LogP) is 1.02. The molecule has 0 radical (unpaired) electrons. The lowest BCUT2D eigenvalue weighted by Gasteiger charge is -2.34. The van der Waals surface area contributed by atoms with Crippen LogP contribution in [-0.4, -0.2) is 61.6 Å². The largest absolute Gasteiger partial charge is 0.464 e. The zero-order chi connectivity index (χ0) is 16.4. The predicted molar refractivity (Wildman–Crippen MR) is 86.9 cm³/mol. The van der Waals surface area contributed by atoms with Crippen molar-refractivity contribution in [2.45, 2.75) is 31.9 Å². The van der Waals surface area contributed by atoms with Crippen LogP contribution in [0, 0.1) is 5.92 Å². The minimum atomic E-state index is -0.308. The van der Waals surface area contributed by atoms with Crippen molar-refractivity contribution in [3.63, 3.8) is 0 Å². The number of carbonyl (C=O) groups excluding carboxylic acids is 1. The van der Waals surface area contributed by atoms with Crippen LogP contribution in [0.1, 0.15) is 30.8 Å². The lowest BCUT2D eigenvalue weighted by molar-refractivity contribution is -0.119. The van der Waals surface area contributed by atoms with E-state index in [1.165, 1.54) is 6.42 Å². The SMILES string of the molecule is C[C@@H]1C[C@@H]1c1ccc(CN2CCO[C@@H](CN(C)CC(N)=O)C2)o1. The molecule has 0 bridgehead atoms. The molecule has 0 spiro atoms. The lowest BCUT2D eigenvalue weighted by Crippen LogP contribution is -2.47. The monoisotopic (exact) mass is 321 g/mol. The van der Waals surface area contributed by atoms with E-state index >= 15 is 0 Å². The lowest BCUT2D eigenvalue weighted by atomic mass is 10.2. The number of ether oxygens (including phenoxy) is 1. The number of nitrogens with two attached hydrogens (primary N) is 1. The summed E-state index contributed by atoms with van der Waals surface area (Å²) in [6.45, 7) is 6.53. The van der Waals surface area contributed by atoms with Gasteiger partial charge in [-0.05, 0) is 31.5 Å². The molecule has 2 fully saturated rings. The molecule has 2 N–H and O–H groups in total. The third kappa shape index (κ3) is 4.56. The fraction of sp³-hybridized carbons (Fsp3) is 0.706. The van der Waals surface area contributed by atoms with Gasteiger partial charge in [0.25, 0.3) is 0 Å². The number of morpholine rings is 1. The number of primary amides is 1. The van der Waals surface area contributed by atoms with E-state index in [1.54, 1.807) is 0 Å². The van der Waals surface area contributed by atoms with Gasteiger partial charge in [-0.1, -0.05) is 6.92 Å². The maximum absolute atomic E-state index is 11.0. The molecule has 0 aromatic carbocycles. The van der Waals surface area contributed by atoms with Crippen LogP contribution in [-0.2, 0) is 16.1 Å². The Hall–Kier alpha value is -1.37. The first-order valence-corrected chi connectivity index (χ1v) is 8.40. The summed E-state index contributed by atoms with van der Waals surface area (Å²) in [5.74, 6) is 3.26. The molecule has 2 aliphatic rings. The third-order valence-electron chi connectivity index (χ3n) is 4.70. The first-order valence-electron chi connectivity index (χ1n) is 8.40. The number of likely N-dealkylation sites (N-methyl/N-ethyl adjacent to an activating group) is 1. The van der Waals surface area contributed by atoms with Crippen LogP contribution >= 0.6 is 0 Å². The molecular weight excluding hydrogens is 294 g/mol. The number of carbonyl (C=O) groups is 1. The zero-order valence-corrected chi connectivity index (χ0v) is 14.0. The molecule has 1 saturated carbocycles. The first kappa shape index (κ1) is 16.5. The van der Waals surface area contributed by atoms with Crippen LogP contribution in [0.25, 0.3) is 0 Å².